The highest BCUT2D eigenvalue weighted by Gasteiger charge is 2.33. The van der Waals surface area contributed by atoms with Crippen molar-refractivity contribution in [3.05, 3.63) is 0 Å². The molecular formula is C6H11ClFNO2. The van der Waals surface area contributed by atoms with E-state index in [0.29, 0.717) is 6.54 Å². The Morgan fingerprint density at radius 2 is 2.27 bits per heavy atom. The van der Waals surface area contributed by atoms with Crippen LogP contribution in [0.1, 0.15) is 0 Å². The van der Waals surface area contributed by atoms with Gasteiger partial charge >= 0.3 is 5.97 Å². The number of carbonyl (C=O) groups is 1. The van der Waals surface area contributed by atoms with Gasteiger partial charge in [-0.15, -0.1) is 12.4 Å². The molecule has 2 atom stereocenters. The summed E-state index contributed by atoms with van der Waals surface area (Å²) in [6, 6.07) is 0. The Hall–Kier alpha value is -0.350. The topological polar surface area (TPSA) is 38.3 Å². The summed E-state index contributed by atoms with van der Waals surface area (Å²) in [5, 5.41) is 2.76. The van der Waals surface area contributed by atoms with Gasteiger partial charge in [0, 0.05) is 13.1 Å². The third-order valence-electron chi connectivity index (χ3n) is 1.64. The highest BCUT2D eigenvalue weighted by molar-refractivity contribution is 5.85. The predicted molar refractivity (Wildman–Crippen MR) is 40.5 cm³/mol. The van der Waals surface area contributed by atoms with E-state index in [1.165, 1.54) is 7.11 Å². The molecule has 0 amide bonds. The van der Waals surface area contributed by atoms with Crippen molar-refractivity contribution in [1.29, 1.82) is 0 Å². The van der Waals surface area contributed by atoms with Crippen LogP contribution in [0.2, 0.25) is 0 Å². The van der Waals surface area contributed by atoms with Gasteiger partial charge < -0.3 is 10.1 Å². The highest BCUT2D eigenvalue weighted by Crippen LogP contribution is 2.13. The van der Waals surface area contributed by atoms with Gasteiger partial charge in [0.25, 0.3) is 0 Å². The molecule has 0 aromatic carbocycles. The van der Waals surface area contributed by atoms with Gasteiger partial charge in [0.2, 0.25) is 0 Å². The van der Waals surface area contributed by atoms with Crippen LogP contribution >= 0.6 is 12.4 Å². The van der Waals surface area contributed by atoms with Crippen LogP contribution in [-0.2, 0) is 9.53 Å². The number of rotatable bonds is 1. The minimum atomic E-state index is -1.08. The van der Waals surface area contributed by atoms with Crippen molar-refractivity contribution >= 4 is 18.4 Å². The summed E-state index contributed by atoms with van der Waals surface area (Å²) >= 11 is 0. The van der Waals surface area contributed by atoms with E-state index in [1.54, 1.807) is 0 Å². The van der Waals surface area contributed by atoms with Crippen LogP contribution in [0, 0.1) is 5.92 Å². The normalized spacial score (nSPS) is 29.3. The summed E-state index contributed by atoms with van der Waals surface area (Å²) in [4.78, 5) is 10.7. The molecule has 1 aliphatic heterocycles. The lowest BCUT2D eigenvalue weighted by Crippen LogP contribution is -2.24. The standard InChI is InChI=1S/C6H10FNO2.ClH/c1-10-6(9)4-2-8-3-5(4)7;/h4-5,8H,2-3H2,1H3;1H/t4-,5-;/m1./s1. The second-order valence-electron chi connectivity index (χ2n) is 2.30. The van der Waals surface area contributed by atoms with E-state index in [-0.39, 0.29) is 19.0 Å². The van der Waals surface area contributed by atoms with Crippen LogP contribution in [0.5, 0.6) is 0 Å². The molecule has 1 rings (SSSR count). The predicted octanol–water partition coefficient (Wildman–Crippen LogP) is 0.139. The quantitative estimate of drug-likeness (QED) is 0.588. The van der Waals surface area contributed by atoms with Gasteiger partial charge in [-0.25, -0.2) is 4.39 Å². The lowest BCUT2D eigenvalue weighted by atomic mass is 10.1. The molecule has 66 valence electrons. The largest absolute Gasteiger partial charge is 0.469 e. The fourth-order valence-electron chi connectivity index (χ4n) is 1.03. The van der Waals surface area contributed by atoms with Gasteiger partial charge in [-0.3, -0.25) is 4.79 Å². The fraction of sp³-hybridized carbons (Fsp3) is 0.833. The summed E-state index contributed by atoms with van der Waals surface area (Å²) < 4.78 is 17.0. The molecule has 1 fully saturated rings. The van der Waals surface area contributed by atoms with E-state index in [0.717, 1.165) is 0 Å². The third kappa shape index (κ3) is 2.31. The molecule has 0 radical (unpaired) electrons. The van der Waals surface area contributed by atoms with Gasteiger partial charge in [0.05, 0.1) is 7.11 Å². The van der Waals surface area contributed by atoms with Crippen molar-refractivity contribution in [2.24, 2.45) is 5.92 Å². The summed E-state index contributed by atoms with van der Waals surface area (Å²) in [7, 11) is 1.27. The van der Waals surface area contributed by atoms with E-state index < -0.39 is 18.1 Å². The summed E-state index contributed by atoms with van der Waals surface area (Å²) in [6.45, 7) is 0.660. The number of halogens is 2. The number of alkyl halides is 1. The molecule has 3 nitrogen and oxygen atoms in total. The first kappa shape index (κ1) is 10.7. The molecule has 0 spiro atoms. The molecule has 0 saturated carbocycles. The number of hydrogen-bond acceptors (Lipinski definition) is 3. The van der Waals surface area contributed by atoms with Gasteiger partial charge in [-0.1, -0.05) is 0 Å². The Bertz CT molecular complexity index is 145. The fourth-order valence-corrected chi connectivity index (χ4v) is 1.03. The number of esters is 1. The molecule has 1 saturated heterocycles. The zero-order valence-electron chi connectivity index (χ0n) is 6.17. The average molecular weight is 184 g/mol. The SMILES string of the molecule is COC(=O)[C@@H]1CNC[C@H]1F.Cl. The van der Waals surface area contributed by atoms with Crippen LogP contribution in [-0.4, -0.2) is 32.3 Å². The van der Waals surface area contributed by atoms with Crippen LogP contribution in [0.25, 0.3) is 0 Å². The molecule has 0 aromatic heterocycles. The summed E-state index contributed by atoms with van der Waals surface area (Å²) in [5.41, 5.74) is 0. The van der Waals surface area contributed by atoms with Crippen molar-refractivity contribution in [2.45, 2.75) is 6.17 Å². The molecule has 1 aliphatic rings. The van der Waals surface area contributed by atoms with E-state index in [1.807, 2.05) is 0 Å². The van der Waals surface area contributed by atoms with Crippen LogP contribution in [0.4, 0.5) is 4.39 Å². The highest BCUT2D eigenvalue weighted by atomic mass is 35.5. The maximum absolute atomic E-state index is 12.7. The lowest BCUT2D eigenvalue weighted by Gasteiger charge is -2.06. The Labute approximate surface area is 70.7 Å². The van der Waals surface area contributed by atoms with Gasteiger partial charge in [0.1, 0.15) is 12.1 Å². The Morgan fingerprint density at radius 3 is 2.64 bits per heavy atom. The molecule has 11 heavy (non-hydrogen) atoms. The van der Waals surface area contributed by atoms with Crippen molar-refractivity contribution in [3.63, 3.8) is 0 Å². The Kier molecular flexibility index (Phi) is 4.37. The number of nitrogens with one attached hydrogen (secondary N) is 1. The average Bonchev–Trinajstić information content (AvgIpc) is 2.34. The smallest absolute Gasteiger partial charge is 0.312 e. The lowest BCUT2D eigenvalue weighted by molar-refractivity contribution is -0.146. The second kappa shape index (κ2) is 4.51. The molecule has 0 unspecified atom stereocenters. The van der Waals surface area contributed by atoms with E-state index in [9.17, 15) is 9.18 Å². The maximum Gasteiger partial charge on any atom is 0.312 e. The number of carbonyl (C=O) groups excluding carboxylic acids is 1. The first-order valence-corrected chi connectivity index (χ1v) is 3.18. The summed E-state index contributed by atoms with van der Waals surface area (Å²) in [5.74, 6) is -1.05. The first-order chi connectivity index (χ1) is 4.75. The van der Waals surface area contributed by atoms with Crippen molar-refractivity contribution in [1.82, 2.24) is 5.32 Å². The zero-order valence-corrected chi connectivity index (χ0v) is 6.99. The van der Waals surface area contributed by atoms with Crippen LogP contribution < -0.4 is 5.32 Å². The van der Waals surface area contributed by atoms with Crippen LogP contribution in [0.3, 0.4) is 0 Å². The molecule has 1 N–H and O–H groups in total. The summed E-state index contributed by atoms with van der Waals surface area (Å²) in [6.07, 6.45) is -1.08. The van der Waals surface area contributed by atoms with Gasteiger partial charge in [0.15, 0.2) is 0 Å². The van der Waals surface area contributed by atoms with Crippen molar-refractivity contribution in [3.8, 4) is 0 Å². The van der Waals surface area contributed by atoms with E-state index in [2.05, 4.69) is 10.1 Å². The van der Waals surface area contributed by atoms with Crippen molar-refractivity contribution in [2.75, 3.05) is 20.2 Å². The van der Waals surface area contributed by atoms with Crippen LogP contribution in [0.15, 0.2) is 0 Å². The number of ether oxygens (including phenoxy) is 1. The van der Waals surface area contributed by atoms with E-state index >= 15 is 0 Å². The molecular weight excluding hydrogens is 173 g/mol. The second-order valence-corrected chi connectivity index (χ2v) is 2.30. The van der Waals surface area contributed by atoms with Gasteiger partial charge in [-0.05, 0) is 0 Å². The number of methoxy groups -OCH3 is 1. The maximum atomic E-state index is 12.7. The van der Waals surface area contributed by atoms with E-state index in [4.69, 9.17) is 0 Å². The Balaban J connectivity index is 0.000001000. The third-order valence-corrected chi connectivity index (χ3v) is 1.64. The Morgan fingerprint density at radius 1 is 1.64 bits per heavy atom. The first-order valence-electron chi connectivity index (χ1n) is 3.18. The van der Waals surface area contributed by atoms with Crippen molar-refractivity contribution < 1.29 is 13.9 Å². The monoisotopic (exact) mass is 183 g/mol. The number of hydrogen-bond donors (Lipinski definition) is 1. The molecule has 0 bridgehead atoms. The minimum Gasteiger partial charge on any atom is -0.469 e. The molecule has 0 aliphatic carbocycles. The molecule has 5 heteroatoms. The van der Waals surface area contributed by atoms with Gasteiger partial charge in [-0.2, -0.15) is 0 Å². The molecule has 0 aromatic rings. The minimum absolute atomic E-state index is 0. The zero-order chi connectivity index (χ0) is 7.56. The molecule has 1 heterocycles.